The normalized spacial score (nSPS) is 11.0. The molecule has 0 atom stereocenters. The van der Waals surface area contributed by atoms with Crippen LogP contribution in [0.4, 0.5) is 5.82 Å². The quantitative estimate of drug-likeness (QED) is 0.568. The van der Waals surface area contributed by atoms with Crippen LogP contribution in [0, 0.1) is 6.92 Å². The molecule has 0 aliphatic rings. The van der Waals surface area contributed by atoms with Crippen LogP contribution in [0.5, 0.6) is 5.88 Å². The number of aryl methyl sites for hydroxylation is 1. The van der Waals surface area contributed by atoms with Gasteiger partial charge in [-0.05, 0) is 19.1 Å². The summed E-state index contributed by atoms with van der Waals surface area (Å²) in [4.78, 5) is 12.2. The Morgan fingerprint density at radius 2 is 2.14 bits per heavy atom. The highest BCUT2D eigenvalue weighted by molar-refractivity contribution is 14.1. The predicted octanol–water partition coefficient (Wildman–Crippen LogP) is 0.669. The topological polar surface area (TPSA) is 94.1 Å². The van der Waals surface area contributed by atoms with Gasteiger partial charge in [-0.1, -0.05) is 0 Å². The molecule has 0 unspecified atom stereocenters. The molecule has 1 N–H and O–H groups in total. The summed E-state index contributed by atoms with van der Waals surface area (Å²) >= 11 is 1.94. The van der Waals surface area contributed by atoms with Crippen LogP contribution in [0.3, 0.4) is 0 Å². The number of sulfonamides is 1. The Bertz CT molecular complexity index is 757. The number of hydrogen-bond acceptors (Lipinski definition) is 6. The molecule has 1 radical (unpaired) electrons. The van der Waals surface area contributed by atoms with E-state index >= 15 is 0 Å². The van der Waals surface area contributed by atoms with Crippen molar-refractivity contribution in [2.24, 2.45) is 0 Å². The molecule has 109 valence electrons. The fraction of sp³-hybridized carbons (Fsp3) is 0.182. The third-order valence-corrected chi connectivity index (χ3v) is 4.45. The second kappa shape index (κ2) is 6.56. The number of aromatic nitrogens is 3. The van der Waals surface area contributed by atoms with Crippen molar-refractivity contribution in [1.82, 2.24) is 15.0 Å². The van der Waals surface area contributed by atoms with E-state index in [2.05, 4.69) is 19.7 Å². The number of nitrogens with zero attached hydrogens (tertiary/aromatic N) is 3. The van der Waals surface area contributed by atoms with E-state index < -0.39 is 10.0 Å². The fourth-order valence-electron chi connectivity index (χ4n) is 1.56. The zero-order valence-corrected chi connectivity index (χ0v) is 14.2. The first-order valence-corrected chi connectivity index (χ1v) is 8.49. The molecule has 0 fully saturated rings. The standard InChI is InChI=1S/C11H11BIN4O3S/c1-7-6-15-10(11(16-7)20-2)17-21(18,19)8-4-3-5-14-9(8)12-13/h3-6H,1-2H3,(H,15,17). The SMILES string of the molecule is COc1nc(C)cnc1NS(=O)(=O)c1cccnc1[B]I. The van der Waals surface area contributed by atoms with Gasteiger partial charge in [0.1, 0.15) is 0 Å². The molecule has 0 amide bonds. The van der Waals surface area contributed by atoms with E-state index in [4.69, 9.17) is 4.74 Å². The second-order valence-electron chi connectivity index (χ2n) is 3.97. The summed E-state index contributed by atoms with van der Waals surface area (Å²) in [5.74, 6) is 0.147. The van der Waals surface area contributed by atoms with Gasteiger partial charge in [-0.15, -0.1) is 22.4 Å². The molecule has 0 aliphatic carbocycles. The van der Waals surface area contributed by atoms with Gasteiger partial charge in [-0.2, -0.15) is 0 Å². The summed E-state index contributed by atoms with van der Waals surface area (Å²) in [7, 11) is -2.43. The van der Waals surface area contributed by atoms with Crippen molar-refractivity contribution in [3.05, 3.63) is 30.2 Å². The molecule has 2 aromatic heterocycles. The van der Waals surface area contributed by atoms with Crippen LogP contribution in [0.15, 0.2) is 29.4 Å². The lowest BCUT2D eigenvalue weighted by atomic mass is 10.0. The maximum absolute atomic E-state index is 12.4. The molecule has 0 aliphatic heterocycles. The summed E-state index contributed by atoms with van der Waals surface area (Å²) in [6, 6.07) is 3.02. The number of hydrogen-bond donors (Lipinski definition) is 1. The molecule has 0 aromatic carbocycles. The van der Waals surface area contributed by atoms with Gasteiger partial charge in [0.05, 0.1) is 23.9 Å². The highest BCUT2D eigenvalue weighted by atomic mass is 127. The van der Waals surface area contributed by atoms with Gasteiger partial charge in [0.2, 0.25) is 5.82 Å². The third-order valence-electron chi connectivity index (χ3n) is 2.48. The number of nitrogens with one attached hydrogen (secondary N) is 1. The van der Waals surface area contributed by atoms with Crippen molar-refractivity contribution in [2.75, 3.05) is 11.8 Å². The number of rotatable bonds is 5. The van der Waals surface area contributed by atoms with Gasteiger partial charge in [0.25, 0.3) is 21.0 Å². The maximum atomic E-state index is 12.4. The average molecular weight is 417 g/mol. The summed E-state index contributed by atoms with van der Waals surface area (Å²) < 4.78 is 32.3. The minimum atomic E-state index is -3.83. The molecule has 7 nitrogen and oxygen atoms in total. The minimum Gasteiger partial charge on any atom is -0.478 e. The lowest BCUT2D eigenvalue weighted by Crippen LogP contribution is -2.26. The Labute approximate surface area is 136 Å². The summed E-state index contributed by atoms with van der Waals surface area (Å²) in [6.07, 6.45) is 2.98. The van der Waals surface area contributed by atoms with E-state index in [9.17, 15) is 8.42 Å². The van der Waals surface area contributed by atoms with Gasteiger partial charge < -0.3 is 4.74 Å². The van der Waals surface area contributed by atoms with Crippen LogP contribution in [0.1, 0.15) is 5.69 Å². The number of pyridine rings is 1. The van der Waals surface area contributed by atoms with Crippen LogP contribution in [0.2, 0.25) is 0 Å². The van der Waals surface area contributed by atoms with Crippen LogP contribution in [0.25, 0.3) is 0 Å². The number of halogens is 1. The van der Waals surface area contributed by atoms with Crippen molar-refractivity contribution in [2.45, 2.75) is 11.8 Å². The summed E-state index contributed by atoms with van der Waals surface area (Å²) in [5, 5.41) is 1.59. The van der Waals surface area contributed by atoms with Crippen molar-refractivity contribution in [1.29, 1.82) is 0 Å². The zero-order valence-electron chi connectivity index (χ0n) is 11.2. The zero-order chi connectivity index (χ0) is 15.5. The van der Waals surface area contributed by atoms with Crippen molar-refractivity contribution in [3.8, 4) is 5.88 Å². The fourth-order valence-corrected chi connectivity index (χ4v) is 3.42. The predicted molar refractivity (Wildman–Crippen MR) is 87.8 cm³/mol. The van der Waals surface area contributed by atoms with Gasteiger partial charge in [-0.3, -0.25) is 9.71 Å². The monoisotopic (exact) mass is 417 g/mol. The number of methoxy groups -OCH3 is 1. The number of anilines is 1. The Hall–Kier alpha value is -1.43. The molecular formula is C11H11BIN4O3S. The lowest BCUT2D eigenvalue weighted by molar-refractivity contribution is 0.397. The molecule has 0 saturated heterocycles. The number of ether oxygens (including phenoxy) is 1. The molecule has 2 rings (SSSR count). The van der Waals surface area contributed by atoms with Crippen molar-refractivity contribution in [3.63, 3.8) is 0 Å². The highest BCUT2D eigenvalue weighted by Crippen LogP contribution is 2.21. The van der Waals surface area contributed by atoms with Crippen LogP contribution < -0.4 is 15.1 Å². The van der Waals surface area contributed by atoms with E-state index in [1.165, 1.54) is 25.6 Å². The average Bonchev–Trinajstić information content (AvgIpc) is 2.48. The Kier molecular flexibility index (Phi) is 4.98. The molecule has 0 saturated carbocycles. The molecule has 21 heavy (non-hydrogen) atoms. The van der Waals surface area contributed by atoms with Crippen LogP contribution in [-0.4, -0.2) is 35.6 Å². The second-order valence-corrected chi connectivity index (χ2v) is 6.24. The lowest BCUT2D eigenvalue weighted by Gasteiger charge is -2.11. The molecule has 0 bridgehead atoms. The Morgan fingerprint density at radius 1 is 1.38 bits per heavy atom. The van der Waals surface area contributed by atoms with E-state index in [1.54, 1.807) is 18.1 Å². The van der Waals surface area contributed by atoms with Crippen LogP contribution >= 0.6 is 22.4 Å². The van der Waals surface area contributed by atoms with E-state index in [0.717, 1.165) is 0 Å². The van der Waals surface area contributed by atoms with Gasteiger partial charge in [0, 0.05) is 11.8 Å². The Balaban J connectivity index is 2.42. The highest BCUT2D eigenvalue weighted by Gasteiger charge is 2.21. The first kappa shape index (κ1) is 16.0. The minimum absolute atomic E-state index is 0.0337. The third kappa shape index (κ3) is 3.61. The largest absolute Gasteiger partial charge is 0.478 e. The summed E-state index contributed by atoms with van der Waals surface area (Å²) in [5.41, 5.74) is 0.974. The van der Waals surface area contributed by atoms with E-state index in [-0.39, 0.29) is 16.6 Å². The molecule has 0 spiro atoms. The molecule has 10 heteroatoms. The smallest absolute Gasteiger partial charge is 0.265 e. The molecular weight excluding hydrogens is 406 g/mol. The van der Waals surface area contributed by atoms with E-state index in [0.29, 0.717) is 11.3 Å². The van der Waals surface area contributed by atoms with Gasteiger partial charge in [0.15, 0.2) is 0 Å². The first-order chi connectivity index (χ1) is 9.97. The van der Waals surface area contributed by atoms with Crippen molar-refractivity contribution >= 4 is 48.9 Å². The van der Waals surface area contributed by atoms with Gasteiger partial charge >= 0.3 is 0 Å². The molecule has 2 heterocycles. The first-order valence-electron chi connectivity index (χ1n) is 5.77. The van der Waals surface area contributed by atoms with Crippen molar-refractivity contribution < 1.29 is 13.2 Å². The maximum Gasteiger partial charge on any atom is 0.265 e. The Morgan fingerprint density at radius 3 is 2.81 bits per heavy atom. The summed E-state index contributed by atoms with van der Waals surface area (Å²) in [6.45, 7) is 1.73. The van der Waals surface area contributed by atoms with Gasteiger partial charge in [-0.25, -0.2) is 18.4 Å². The van der Waals surface area contributed by atoms with E-state index in [1.807, 2.05) is 22.4 Å². The molecule has 2 aromatic rings. The van der Waals surface area contributed by atoms with Crippen LogP contribution in [-0.2, 0) is 10.0 Å².